The first-order valence-corrected chi connectivity index (χ1v) is 6.19. The first-order valence-electron chi connectivity index (χ1n) is 5.43. The molecule has 5 heteroatoms. The number of carbonyl (C=O) groups is 1. The number of nitrogens with one attached hydrogen (secondary N) is 2. The molecule has 1 aromatic rings. The molecule has 0 fully saturated rings. The molecule has 0 saturated heterocycles. The maximum absolute atomic E-state index is 11.1. The molecule has 0 spiro atoms. The summed E-state index contributed by atoms with van der Waals surface area (Å²) in [5.41, 5.74) is 0.941. The molecule has 0 aliphatic carbocycles. The molecule has 0 aliphatic rings. The van der Waals surface area contributed by atoms with Crippen LogP contribution in [0.15, 0.2) is 18.2 Å². The maximum atomic E-state index is 11.1. The Bertz CT molecular complexity index is 396. The third-order valence-corrected chi connectivity index (χ3v) is 3.09. The number of halogens is 2. The van der Waals surface area contributed by atoms with Crippen LogP contribution in [0.4, 0.5) is 0 Å². The van der Waals surface area contributed by atoms with Crippen LogP contribution < -0.4 is 10.6 Å². The zero-order valence-electron chi connectivity index (χ0n) is 9.89. The highest BCUT2D eigenvalue weighted by Gasteiger charge is 2.10. The molecule has 1 aromatic carbocycles. The lowest BCUT2D eigenvalue weighted by atomic mass is 10.1. The van der Waals surface area contributed by atoms with Gasteiger partial charge in [-0.1, -0.05) is 23.2 Å². The molecule has 1 unspecified atom stereocenters. The molecular formula is C12H16Cl2N2O. The van der Waals surface area contributed by atoms with E-state index in [0.717, 1.165) is 5.56 Å². The van der Waals surface area contributed by atoms with E-state index >= 15 is 0 Å². The van der Waals surface area contributed by atoms with Gasteiger partial charge >= 0.3 is 0 Å². The van der Waals surface area contributed by atoms with Crippen LogP contribution in [0.3, 0.4) is 0 Å². The van der Waals surface area contributed by atoms with Crippen molar-refractivity contribution < 1.29 is 4.79 Å². The summed E-state index contributed by atoms with van der Waals surface area (Å²) in [6.45, 7) is 2.59. The smallest absolute Gasteiger partial charge is 0.221 e. The Labute approximate surface area is 111 Å². The second kappa shape index (κ2) is 6.84. The van der Waals surface area contributed by atoms with Gasteiger partial charge in [0.15, 0.2) is 0 Å². The third kappa shape index (κ3) is 4.54. The molecule has 0 bridgehead atoms. The molecule has 94 valence electrons. The largest absolute Gasteiger partial charge is 0.359 e. The van der Waals surface area contributed by atoms with Gasteiger partial charge in [0.05, 0.1) is 0 Å². The standard InChI is InChI=1S/C12H16Cl2N2O/c1-8(16-6-5-12(17)15-2)10-7-9(13)3-4-11(10)14/h3-4,7-8,16H,5-6H2,1-2H3,(H,15,17). The first kappa shape index (κ1) is 14.3. The Morgan fingerprint density at radius 2 is 2.12 bits per heavy atom. The molecule has 1 amide bonds. The van der Waals surface area contributed by atoms with Gasteiger partial charge in [0, 0.05) is 36.1 Å². The third-order valence-electron chi connectivity index (χ3n) is 2.51. The minimum atomic E-state index is 0.0156. The van der Waals surface area contributed by atoms with E-state index < -0.39 is 0 Å². The van der Waals surface area contributed by atoms with E-state index in [9.17, 15) is 4.79 Å². The van der Waals surface area contributed by atoms with Gasteiger partial charge in [-0.25, -0.2) is 0 Å². The minimum Gasteiger partial charge on any atom is -0.359 e. The van der Waals surface area contributed by atoms with E-state index in [4.69, 9.17) is 23.2 Å². The summed E-state index contributed by atoms with van der Waals surface area (Å²) in [6, 6.07) is 5.42. The minimum absolute atomic E-state index is 0.0156. The Morgan fingerprint density at radius 1 is 1.41 bits per heavy atom. The van der Waals surface area contributed by atoms with Crippen molar-refractivity contribution in [2.24, 2.45) is 0 Å². The van der Waals surface area contributed by atoms with Gasteiger partial charge in [0.25, 0.3) is 0 Å². The van der Waals surface area contributed by atoms with Gasteiger partial charge in [0.1, 0.15) is 0 Å². The van der Waals surface area contributed by atoms with Crippen LogP contribution in [-0.4, -0.2) is 19.5 Å². The molecule has 3 nitrogen and oxygen atoms in total. The lowest BCUT2D eigenvalue weighted by Gasteiger charge is -2.15. The first-order chi connectivity index (χ1) is 8.04. The zero-order valence-corrected chi connectivity index (χ0v) is 11.4. The van der Waals surface area contributed by atoms with Crippen molar-refractivity contribution in [3.05, 3.63) is 33.8 Å². The molecule has 0 saturated carbocycles. The van der Waals surface area contributed by atoms with Crippen molar-refractivity contribution in [1.82, 2.24) is 10.6 Å². The highest BCUT2D eigenvalue weighted by Crippen LogP contribution is 2.25. The summed E-state index contributed by atoms with van der Waals surface area (Å²) in [6.07, 6.45) is 0.443. The summed E-state index contributed by atoms with van der Waals surface area (Å²) in [4.78, 5) is 11.1. The van der Waals surface area contributed by atoms with Crippen molar-refractivity contribution in [2.45, 2.75) is 19.4 Å². The average Bonchev–Trinajstić information content (AvgIpc) is 2.31. The Kier molecular flexibility index (Phi) is 5.75. The maximum Gasteiger partial charge on any atom is 0.221 e. The van der Waals surface area contributed by atoms with E-state index in [2.05, 4.69) is 10.6 Å². The quantitative estimate of drug-likeness (QED) is 0.867. The number of carbonyl (C=O) groups excluding carboxylic acids is 1. The number of hydrogen-bond acceptors (Lipinski definition) is 2. The molecule has 0 radical (unpaired) electrons. The molecule has 0 aliphatic heterocycles. The van der Waals surface area contributed by atoms with Crippen LogP contribution >= 0.6 is 23.2 Å². The predicted octanol–water partition coefficient (Wildman–Crippen LogP) is 2.78. The van der Waals surface area contributed by atoms with Crippen LogP contribution in [0.2, 0.25) is 10.0 Å². The van der Waals surface area contributed by atoms with Gasteiger partial charge < -0.3 is 10.6 Å². The van der Waals surface area contributed by atoms with Gasteiger partial charge in [-0.2, -0.15) is 0 Å². The lowest BCUT2D eigenvalue weighted by molar-refractivity contribution is -0.120. The molecule has 17 heavy (non-hydrogen) atoms. The van der Waals surface area contributed by atoms with Crippen LogP contribution in [0.25, 0.3) is 0 Å². The summed E-state index contributed by atoms with van der Waals surface area (Å²) < 4.78 is 0. The highest BCUT2D eigenvalue weighted by atomic mass is 35.5. The topological polar surface area (TPSA) is 41.1 Å². The number of benzene rings is 1. The molecule has 1 atom stereocenters. The van der Waals surface area contributed by atoms with Crippen LogP contribution in [0.1, 0.15) is 24.9 Å². The van der Waals surface area contributed by atoms with Crippen LogP contribution in [0.5, 0.6) is 0 Å². The fourth-order valence-corrected chi connectivity index (χ4v) is 1.95. The Hall–Kier alpha value is -0.770. The van der Waals surface area contributed by atoms with Crippen molar-refractivity contribution in [3.8, 4) is 0 Å². The SMILES string of the molecule is CNC(=O)CCNC(C)c1cc(Cl)ccc1Cl. The number of amides is 1. The van der Waals surface area contributed by atoms with E-state index in [0.29, 0.717) is 23.0 Å². The van der Waals surface area contributed by atoms with Gasteiger partial charge in [-0.15, -0.1) is 0 Å². The molecule has 0 heterocycles. The molecule has 1 rings (SSSR count). The van der Waals surface area contributed by atoms with Crippen LogP contribution in [0, 0.1) is 0 Å². The normalized spacial score (nSPS) is 12.2. The molecular weight excluding hydrogens is 259 g/mol. The van der Waals surface area contributed by atoms with E-state index in [-0.39, 0.29) is 11.9 Å². The van der Waals surface area contributed by atoms with Gasteiger partial charge in [-0.3, -0.25) is 4.79 Å². The summed E-state index contributed by atoms with van der Waals surface area (Å²) in [5, 5.41) is 7.13. The highest BCUT2D eigenvalue weighted by molar-refractivity contribution is 6.33. The van der Waals surface area contributed by atoms with Crippen molar-refractivity contribution >= 4 is 29.1 Å². The number of rotatable bonds is 5. The number of hydrogen-bond donors (Lipinski definition) is 2. The fourth-order valence-electron chi connectivity index (χ4n) is 1.48. The molecule has 0 aromatic heterocycles. The second-order valence-corrected chi connectivity index (χ2v) is 4.61. The van der Waals surface area contributed by atoms with Gasteiger partial charge in [0.2, 0.25) is 5.91 Å². The summed E-state index contributed by atoms with van der Waals surface area (Å²) >= 11 is 12.0. The monoisotopic (exact) mass is 274 g/mol. The van der Waals surface area contributed by atoms with Crippen molar-refractivity contribution in [2.75, 3.05) is 13.6 Å². The lowest BCUT2D eigenvalue weighted by Crippen LogP contribution is -2.26. The zero-order chi connectivity index (χ0) is 12.8. The van der Waals surface area contributed by atoms with E-state index in [1.165, 1.54) is 0 Å². The van der Waals surface area contributed by atoms with Crippen molar-refractivity contribution in [1.29, 1.82) is 0 Å². The summed E-state index contributed by atoms with van der Waals surface area (Å²) in [7, 11) is 1.62. The van der Waals surface area contributed by atoms with Crippen LogP contribution in [-0.2, 0) is 4.79 Å². The van der Waals surface area contributed by atoms with Crippen molar-refractivity contribution in [3.63, 3.8) is 0 Å². The predicted molar refractivity (Wildman–Crippen MR) is 71.6 cm³/mol. The molecule has 2 N–H and O–H groups in total. The fraction of sp³-hybridized carbons (Fsp3) is 0.417. The summed E-state index contributed by atoms with van der Waals surface area (Å²) in [5.74, 6) is 0.0156. The Balaban J connectivity index is 2.54. The second-order valence-electron chi connectivity index (χ2n) is 3.76. The van der Waals surface area contributed by atoms with E-state index in [1.54, 1.807) is 19.2 Å². The van der Waals surface area contributed by atoms with Gasteiger partial charge in [-0.05, 0) is 30.7 Å². The van der Waals surface area contributed by atoms with E-state index in [1.807, 2.05) is 13.0 Å². The Morgan fingerprint density at radius 3 is 2.76 bits per heavy atom. The average molecular weight is 275 g/mol.